The molecule has 1 amide bonds. The molecule has 1 unspecified atom stereocenters. The van der Waals surface area contributed by atoms with E-state index in [2.05, 4.69) is 6.92 Å². The van der Waals surface area contributed by atoms with Crippen LogP contribution in [-0.2, 0) is 14.3 Å². The largest absolute Gasteiger partial charge is 0.465 e. The lowest BCUT2D eigenvalue weighted by atomic mass is 10.1. The van der Waals surface area contributed by atoms with E-state index in [0.717, 1.165) is 12.8 Å². The zero-order valence-corrected chi connectivity index (χ0v) is 13.9. The van der Waals surface area contributed by atoms with Gasteiger partial charge in [-0.2, -0.15) is 0 Å². The average Bonchev–Trinajstić information content (AvgIpc) is 2.45. The van der Waals surface area contributed by atoms with Crippen molar-refractivity contribution in [2.24, 2.45) is 11.7 Å². The molecule has 0 aliphatic heterocycles. The highest BCUT2D eigenvalue weighted by Gasteiger charge is 2.23. The van der Waals surface area contributed by atoms with Gasteiger partial charge >= 0.3 is 5.97 Å². The molecule has 0 fully saturated rings. The van der Waals surface area contributed by atoms with E-state index in [0.29, 0.717) is 13.0 Å². The zero-order valence-electron chi connectivity index (χ0n) is 13.9. The monoisotopic (exact) mass is 299 g/mol. The molecule has 0 aromatic rings. The van der Waals surface area contributed by atoms with Gasteiger partial charge in [0.2, 0.25) is 5.91 Å². The fraction of sp³-hybridized carbons (Fsp3) is 0.882. The second-order valence-corrected chi connectivity index (χ2v) is 5.71. The van der Waals surface area contributed by atoms with Crippen molar-refractivity contribution in [3.05, 3.63) is 0 Å². The first kappa shape index (κ1) is 19.9. The van der Waals surface area contributed by atoms with Gasteiger partial charge in [0.15, 0.2) is 0 Å². The molecule has 1 atom stereocenters. The Balaban J connectivity index is 3.36. The van der Waals surface area contributed by atoms with Crippen LogP contribution in [0, 0.1) is 5.92 Å². The smallest absolute Gasteiger partial charge is 0.318 e. The summed E-state index contributed by atoms with van der Waals surface area (Å²) in [5.74, 6) is -1.85. The Morgan fingerprint density at radius 3 is 1.76 bits per heavy atom. The van der Waals surface area contributed by atoms with Gasteiger partial charge in [-0.3, -0.25) is 9.59 Å². The van der Waals surface area contributed by atoms with Gasteiger partial charge < -0.3 is 10.5 Å². The summed E-state index contributed by atoms with van der Waals surface area (Å²) in [6.07, 6.45) is 12.8. The number of hydrogen-bond donors (Lipinski definition) is 1. The van der Waals surface area contributed by atoms with Crippen LogP contribution in [0.25, 0.3) is 0 Å². The predicted octanol–water partition coefficient (Wildman–Crippen LogP) is 3.96. The second kappa shape index (κ2) is 13.9. The molecular formula is C17H33NO3. The minimum atomic E-state index is -0.784. The number of rotatable bonds is 14. The summed E-state index contributed by atoms with van der Waals surface area (Å²) in [6.45, 7) is 4.40. The van der Waals surface area contributed by atoms with Crippen LogP contribution in [0.3, 0.4) is 0 Å². The third kappa shape index (κ3) is 11.3. The number of unbranched alkanes of at least 4 members (excludes halogenated alkanes) is 9. The molecule has 21 heavy (non-hydrogen) atoms. The number of ether oxygens (including phenoxy) is 1. The van der Waals surface area contributed by atoms with Crippen molar-refractivity contribution < 1.29 is 14.3 Å². The number of amides is 1. The molecule has 124 valence electrons. The Bertz CT molecular complexity index is 279. The van der Waals surface area contributed by atoms with Crippen LogP contribution in [0.1, 0.15) is 84.5 Å². The molecule has 0 radical (unpaired) electrons. The van der Waals surface area contributed by atoms with Crippen molar-refractivity contribution in [3.8, 4) is 0 Å². The van der Waals surface area contributed by atoms with Crippen LogP contribution in [-0.4, -0.2) is 18.5 Å². The molecule has 2 N–H and O–H groups in total. The van der Waals surface area contributed by atoms with Crippen molar-refractivity contribution in [2.45, 2.75) is 84.5 Å². The average molecular weight is 299 g/mol. The van der Waals surface area contributed by atoms with Gasteiger partial charge in [0, 0.05) is 0 Å². The van der Waals surface area contributed by atoms with Crippen molar-refractivity contribution in [3.63, 3.8) is 0 Å². The minimum Gasteiger partial charge on any atom is -0.465 e. The van der Waals surface area contributed by atoms with Crippen LogP contribution in [0.2, 0.25) is 0 Å². The fourth-order valence-corrected chi connectivity index (χ4v) is 2.35. The summed E-state index contributed by atoms with van der Waals surface area (Å²) in [7, 11) is 0. The van der Waals surface area contributed by atoms with Crippen molar-refractivity contribution >= 4 is 11.9 Å². The molecule has 4 heteroatoms. The van der Waals surface area contributed by atoms with E-state index in [1.807, 2.05) is 0 Å². The number of hydrogen-bond acceptors (Lipinski definition) is 3. The molecule has 0 heterocycles. The molecule has 4 nitrogen and oxygen atoms in total. The van der Waals surface area contributed by atoms with Gasteiger partial charge in [-0.1, -0.05) is 71.6 Å². The lowest BCUT2D eigenvalue weighted by Crippen LogP contribution is -2.31. The Morgan fingerprint density at radius 2 is 1.33 bits per heavy atom. The molecule has 0 aromatic carbocycles. The Morgan fingerprint density at radius 1 is 0.857 bits per heavy atom. The summed E-state index contributed by atoms with van der Waals surface area (Å²) < 4.78 is 5.09. The van der Waals surface area contributed by atoms with E-state index in [9.17, 15) is 9.59 Å². The van der Waals surface area contributed by atoms with Gasteiger partial charge in [0.05, 0.1) is 6.61 Å². The van der Waals surface area contributed by atoms with Gasteiger partial charge in [-0.15, -0.1) is 0 Å². The highest BCUT2D eigenvalue weighted by atomic mass is 16.5. The number of carbonyl (C=O) groups is 2. The van der Waals surface area contributed by atoms with E-state index < -0.39 is 17.8 Å². The van der Waals surface area contributed by atoms with Crippen LogP contribution in [0.4, 0.5) is 0 Å². The van der Waals surface area contributed by atoms with E-state index in [1.54, 1.807) is 6.92 Å². The lowest BCUT2D eigenvalue weighted by molar-refractivity contribution is -0.152. The quantitative estimate of drug-likeness (QED) is 0.300. The number of esters is 1. The maximum Gasteiger partial charge on any atom is 0.318 e. The molecule has 0 aromatic heterocycles. The summed E-state index contributed by atoms with van der Waals surface area (Å²) in [5, 5.41) is 0. The van der Waals surface area contributed by atoms with E-state index >= 15 is 0 Å². The van der Waals surface area contributed by atoms with Crippen LogP contribution >= 0.6 is 0 Å². The highest BCUT2D eigenvalue weighted by Crippen LogP contribution is 2.11. The van der Waals surface area contributed by atoms with Crippen molar-refractivity contribution in [2.75, 3.05) is 6.61 Å². The van der Waals surface area contributed by atoms with E-state index in [4.69, 9.17) is 10.5 Å². The third-order valence-electron chi connectivity index (χ3n) is 3.78. The fourth-order valence-electron chi connectivity index (χ4n) is 2.35. The molecule has 0 aliphatic rings. The second-order valence-electron chi connectivity index (χ2n) is 5.71. The number of primary amides is 1. The van der Waals surface area contributed by atoms with Crippen LogP contribution in [0.15, 0.2) is 0 Å². The Kier molecular flexibility index (Phi) is 13.2. The maximum absolute atomic E-state index is 11.6. The van der Waals surface area contributed by atoms with Crippen LogP contribution in [0.5, 0.6) is 0 Å². The standard InChI is InChI=1S/C17H33NO3/c1-3-5-6-7-8-9-10-11-12-13-14-21-17(20)15(4-2)16(18)19/h15H,3-14H2,1-2H3,(H2,18,19). The molecule has 0 saturated carbocycles. The van der Waals surface area contributed by atoms with Crippen molar-refractivity contribution in [1.82, 2.24) is 0 Å². The summed E-state index contributed by atoms with van der Waals surface area (Å²) in [5.41, 5.74) is 5.14. The predicted molar refractivity (Wildman–Crippen MR) is 85.8 cm³/mol. The van der Waals surface area contributed by atoms with Crippen LogP contribution < -0.4 is 5.73 Å². The molecule has 0 aliphatic carbocycles. The summed E-state index contributed by atoms with van der Waals surface area (Å²) >= 11 is 0. The molecule has 0 spiro atoms. The Labute approximate surface area is 129 Å². The zero-order chi connectivity index (χ0) is 15.9. The van der Waals surface area contributed by atoms with Gasteiger partial charge in [0.25, 0.3) is 0 Å². The topological polar surface area (TPSA) is 69.4 Å². The summed E-state index contributed by atoms with van der Waals surface area (Å²) in [6, 6.07) is 0. The van der Waals surface area contributed by atoms with Crippen molar-refractivity contribution in [1.29, 1.82) is 0 Å². The minimum absolute atomic E-state index is 0.402. The highest BCUT2D eigenvalue weighted by molar-refractivity contribution is 5.96. The molecule has 0 bridgehead atoms. The Hall–Kier alpha value is -1.06. The van der Waals surface area contributed by atoms with E-state index in [-0.39, 0.29) is 0 Å². The molecule has 0 saturated heterocycles. The number of carbonyl (C=O) groups excluding carboxylic acids is 2. The first-order chi connectivity index (χ1) is 10.1. The molecule has 0 rings (SSSR count). The van der Waals surface area contributed by atoms with Gasteiger partial charge in [-0.25, -0.2) is 0 Å². The first-order valence-corrected chi connectivity index (χ1v) is 8.59. The third-order valence-corrected chi connectivity index (χ3v) is 3.78. The first-order valence-electron chi connectivity index (χ1n) is 8.59. The summed E-state index contributed by atoms with van der Waals surface area (Å²) in [4.78, 5) is 22.5. The lowest BCUT2D eigenvalue weighted by Gasteiger charge is -2.10. The SMILES string of the molecule is CCCCCCCCCCCCOC(=O)C(CC)C(N)=O. The number of nitrogens with two attached hydrogens (primary N) is 1. The van der Waals surface area contributed by atoms with Gasteiger partial charge in [0.1, 0.15) is 5.92 Å². The van der Waals surface area contributed by atoms with E-state index in [1.165, 1.54) is 51.4 Å². The van der Waals surface area contributed by atoms with Gasteiger partial charge in [-0.05, 0) is 12.8 Å². The maximum atomic E-state index is 11.6. The normalized spacial score (nSPS) is 12.1. The molecular weight excluding hydrogens is 266 g/mol.